The van der Waals surface area contributed by atoms with E-state index in [1.807, 2.05) is 53.1 Å². The van der Waals surface area contributed by atoms with Gasteiger partial charge in [-0.1, -0.05) is 41.9 Å². The van der Waals surface area contributed by atoms with Crippen molar-refractivity contribution in [2.45, 2.75) is 13.5 Å². The zero-order chi connectivity index (χ0) is 20.4. The first-order valence-electron chi connectivity index (χ1n) is 9.31. The van der Waals surface area contributed by atoms with Gasteiger partial charge in [0.1, 0.15) is 5.69 Å². The predicted octanol–water partition coefficient (Wildman–Crippen LogP) is 4.67. The normalized spacial score (nSPS) is 11.0. The number of rotatable bonds is 5. The second-order valence-electron chi connectivity index (χ2n) is 6.58. The lowest BCUT2D eigenvalue weighted by atomic mass is 10.2. The number of carbonyl (C=O) groups excluding carboxylic acids is 1. The molecular formula is C23H19ClN2O3. The Morgan fingerprint density at radius 1 is 0.966 bits per heavy atom. The van der Waals surface area contributed by atoms with Gasteiger partial charge in [-0.15, -0.1) is 0 Å². The highest BCUT2D eigenvalue weighted by Crippen LogP contribution is 2.24. The number of esters is 1. The zero-order valence-corrected chi connectivity index (χ0v) is 16.6. The summed E-state index contributed by atoms with van der Waals surface area (Å²) in [6, 6.07) is 21.8. The van der Waals surface area contributed by atoms with Crippen molar-refractivity contribution in [3.05, 3.63) is 99.4 Å². The van der Waals surface area contributed by atoms with Crippen LogP contribution in [-0.4, -0.2) is 21.7 Å². The molecule has 0 bridgehead atoms. The van der Waals surface area contributed by atoms with Crippen LogP contribution in [0.25, 0.3) is 16.7 Å². The number of aromatic nitrogens is 2. The van der Waals surface area contributed by atoms with Gasteiger partial charge < -0.3 is 9.30 Å². The SMILES string of the molecule is CCOC(=O)c1cc2c(ccc(=O)n2-c2ccccc2)n1Cc1cccc(Cl)c1. The minimum atomic E-state index is -0.433. The van der Waals surface area contributed by atoms with Crippen molar-refractivity contribution in [2.24, 2.45) is 0 Å². The van der Waals surface area contributed by atoms with E-state index in [0.717, 1.165) is 16.8 Å². The van der Waals surface area contributed by atoms with Crippen molar-refractivity contribution in [3.63, 3.8) is 0 Å². The number of hydrogen-bond donors (Lipinski definition) is 0. The Hall–Kier alpha value is -3.31. The first-order valence-corrected chi connectivity index (χ1v) is 9.68. The number of halogens is 1. The molecule has 4 aromatic rings. The molecule has 0 unspecified atom stereocenters. The van der Waals surface area contributed by atoms with Gasteiger partial charge in [0.05, 0.1) is 17.6 Å². The van der Waals surface area contributed by atoms with Crippen LogP contribution in [0.5, 0.6) is 0 Å². The van der Waals surface area contributed by atoms with E-state index in [9.17, 15) is 9.59 Å². The summed E-state index contributed by atoms with van der Waals surface area (Å²) in [4.78, 5) is 25.3. The molecule has 0 fully saturated rings. The number of pyridine rings is 1. The molecule has 0 radical (unpaired) electrons. The minimum Gasteiger partial charge on any atom is -0.461 e. The summed E-state index contributed by atoms with van der Waals surface area (Å²) in [6.45, 7) is 2.45. The summed E-state index contributed by atoms with van der Waals surface area (Å²) in [5, 5.41) is 0.623. The third-order valence-corrected chi connectivity index (χ3v) is 4.93. The van der Waals surface area contributed by atoms with Gasteiger partial charge in [-0.3, -0.25) is 9.36 Å². The number of para-hydroxylation sites is 1. The van der Waals surface area contributed by atoms with E-state index >= 15 is 0 Å². The number of benzene rings is 2. The maximum absolute atomic E-state index is 12.7. The van der Waals surface area contributed by atoms with Crippen LogP contribution in [0.15, 0.2) is 77.6 Å². The molecule has 0 atom stereocenters. The van der Waals surface area contributed by atoms with Crippen molar-refractivity contribution in [1.82, 2.24) is 9.13 Å². The maximum Gasteiger partial charge on any atom is 0.355 e. The highest BCUT2D eigenvalue weighted by molar-refractivity contribution is 6.30. The van der Waals surface area contributed by atoms with Gasteiger partial charge >= 0.3 is 5.97 Å². The second kappa shape index (κ2) is 7.97. The molecule has 29 heavy (non-hydrogen) atoms. The fourth-order valence-electron chi connectivity index (χ4n) is 3.45. The van der Waals surface area contributed by atoms with Crippen LogP contribution in [0.1, 0.15) is 23.0 Å². The summed E-state index contributed by atoms with van der Waals surface area (Å²) in [7, 11) is 0. The van der Waals surface area contributed by atoms with Crippen molar-refractivity contribution < 1.29 is 9.53 Å². The van der Waals surface area contributed by atoms with E-state index in [-0.39, 0.29) is 12.2 Å². The van der Waals surface area contributed by atoms with Crippen LogP contribution in [0, 0.1) is 0 Å². The monoisotopic (exact) mass is 406 g/mol. The maximum atomic E-state index is 12.7. The fourth-order valence-corrected chi connectivity index (χ4v) is 3.67. The zero-order valence-electron chi connectivity index (χ0n) is 15.8. The molecule has 0 spiro atoms. The van der Waals surface area contributed by atoms with Gasteiger partial charge in [-0.2, -0.15) is 0 Å². The Labute approximate surface area is 172 Å². The van der Waals surface area contributed by atoms with Crippen molar-refractivity contribution in [1.29, 1.82) is 0 Å². The predicted molar refractivity (Wildman–Crippen MR) is 114 cm³/mol. The van der Waals surface area contributed by atoms with Gasteiger partial charge in [0, 0.05) is 23.3 Å². The smallest absolute Gasteiger partial charge is 0.355 e. The van der Waals surface area contributed by atoms with Crippen LogP contribution < -0.4 is 5.56 Å². The van der Waals surface area contributed by atoms with Crippen LogP contribution >= 0.6 is 11.6 Å². The molecule has 0 aliphatic carbocycles. The molecule has 2 aromatic heterocycles. The number of fused-ring (bicyclic) bond motifs is 1. The second-order valence-corrected chi connectivity index (χ2v) is 7.02. The van der Waals surface area contributed by atoms with E-state index in [4.69, 9.17) is 16.3 Å². The van der Waals surface area contributed by atoms with Crippen molar-refractivity contribution in [3.8, 4) is 5.69 Å². The number of carbonyl (C=O) groups is 1. The number of hydrogen-bond acceptors (Lipinski definition) is 3. The quantitative estimate of drug-likeness (QED) is 0.452. The van der Waals surface area contributed by atoms with Gasteiger partial charge in [0.15, 0.2) is 0 Å². The molecule has 6 heteroatoms. The fraction of sp³-hybridized carbons (Fsp3) is 0.130. The van der Waals surface area contributed by atoms with E-state index in [2.05, 4.69) is 0 Å². The largest absolute Gasteiger partial charge is 0.461 e. The Bertz CT molecular complexity index is 1240. The molecule has 0 N–H and O–H groups in total. The van der Waals surface area contributed by atoms with Gasteiger partial charge in [0.25, 0.3) is 5.56 Å². The number of nitrogens with zero attached hydrogens (tertiary/aromatic N) is 2. The number of ether oxygens (including phenoxy) is 1. The highest BCUT2D eigenvalue weighted by atomic mass is 35.5. The highest BCUT2D eigenvalue weighted by Gasteiger charge is 2.20. The average Bonchev–Trinajstić information content (AvgIpc) is 3.07. The molecule has 146 valence electrons. The molecule has 0 saturated heterocycles. The van der Waals surface area contributed by atoms with Gasteiger partial charge in [0.2, 0.25) is 0 Å². The van der Waals surface area contributed by atoms with Crippen molar-refractivity contribution in [2.75, 3.05) is 6.61 Å². The summed E-state index contributed by atoms with van der Waals surface area (Å²) < 4.78 is 8.72. The molecule has 0 saturated carbocycles. The molecule has 4 rings (SSSR count). The Morgan fingerprint density at radius 3 is 2.48 bits per heavy atom. The van der Waals surface area contributed by atoms with Crippen molar-refractivity contribution >= 4 is 28.6 Å². The Balaban J connectivity index is 1.96. The molecule has 2 heterocycles. The van der Waals surface area contributed by atoms with E-state index < -0.39 is 5.97 Å². The van der Waals surface area contributed by atoms with Crippen LogP contribution in [-0.2, 0) is 11.3 Å². The van der Waals surface area contributed by atoms with Gasteiger partial charge in [-0.05, 0) is 48.9 Å². The molecule has 5 nitrogen and oxygen atoms in total. The Morgan fingerprint density at radius 2 is 1.76 bits per heavy atom. The third kappa shape index (κ3) is 3.69. The summed E-state index contributed by atoms with van der Waals surface area (Å²) in [5.74, 6) is -0.433. The van der Waals surface area contributed by atoms with E-state index in [1.165, 1.54) is 6.07 Å². The first-order chi connectivity index (χ1) is 14.1. The summed E-state index contributed by atoms with van der Waals surface area (Å²) in [5.41, 5.74) is 3.30. The third-order valence-electron chi connectivity index (χ3n) is 4.69. The van der Waals surface area contributed by atoms with E-state index in [0.29, 0.717) is 22.8 Å². The average molecular weight is 407 g/mol. The van der Waals surface area contributed by atoms with Gasteiger partial charge in [-0.25, -0.2) is 4.79 Å². The summed E-state index contributed by atoms with van der Waals surface area (Å²) in [6.07, 6.45) is 0. The van der Waals surface area contributed by atoms with Crippen LogP contribution in [0.4, 0.5) is 0 Å². The minimum absolute atomic E-state index is 0.168. The lowest BCUT2D eigenvalue weighted by Gasteiger charge is -2.12. The molecule has 0 aliphatic rings. The molecular weight excluding hydrogens is 388 g/mol. The first kappa shape index (κ1) is 19.0. The summed E-state index contributed by atoms with van der Waals surface area (Å²) >= 11 is 6.14. The Kier molecular flexibility index (Phi) is 5.23. The molecule has 0 amide bonds. The topological polar surface area (TPSA) is 53.2 Å². The standard InChI is InChI=1S/C23H19ClN2O3/c1-2-29-23(28)21-14-20-19(25(21)15-16-7-6-8-17(24)13-16)11-12-22(27)26(20)18-9-4-3-5-10-18/h3-14H,2,15H2,1H3. The van der Waals surface area contributed by atoms with Crippen LogP contribution in [0.2, 0.25) is 5.02 Å². The lowest BCUT2D eigenvalue weighted by molar-refractivity contribution is 0.0515. The molecule has 2 aromatic carbocycles. The molecule has 0 aliphatic heterocycles. The van der Waals surface area contributed by atoms with Crippen LogP contribution in [0.3, 0.4) is 0 Å². The van der Waals surface area contributed by atoms with E-state index in [1.54, 1.807) is 29.7 Å². The lowest BCUT2D eigenvalue weighted by Crippen LogP contribution is -2.17.